The Labute approximate surface area is 171 Å². The van der Waals surface area contributed by atoms with Crippen molar-refractivity contribution in [3.05, 3.63) is 30.1 Å². The van der Waals surface area contributed by atoms with E-state index in [1.807, 2.05) is 12.3 Å². The third-order valence-electron chi connectivity index (χ3n) is 6.77. The van der Waals surface area contributed by atoms with Crippen molar-refractivity contribution < 1.29 is 4.74 Å². The van der Waals surface area contributed by atoms with Crippen molar-refractivity contribution in [3.63, 3.8) is 0 Å². The smallest absolute Gasteiger partial charge is 0.0543 e. The first-order valence-electron chi connectivity index (χ1n) is 11.5. The molecule has 3 aliphatic rings. The highest BCUT2D eigenvalue weighted by Crippen LogP contribution is 2.26. The van der Waals surface area contributed by atoms with Crippen molar-refractivity contribution >= 4 is 0 Å². The van der Waals surface area contributed by atoms with Crippen LogP contribution in [0.5, 0.6) is 0 Å². The Kier molecular flexibility index (Phi) is 7.73. The summed E-state index contributed by atoms with van der Waals surface area (Å²) in [6.07, 6.45) is 9.95. The summed E-state index contributed by atoms with van der Waals surface area (Å²) < 4.78 is 6.07. The molecule has 0 spiro atoms. The average molecular weight is 387 g/mol. The standard InChI is InChI=1S/C23H38N4O/c1-4-11-25(12-5-1)13-6-16-28-20-21-8-9-23-19-26(14-15-27(23)17-21)18-22-7-2-3-10-24-22/h2-3,7,10,21,23H,1,4-6,8-9,11-20H2/t21-,23-/m1/s1. The maximum absolute atomic E-state index is 6.07. The molecule has 1 aromatic heterocycles. The lowest BCUT2D eigenvalue weighted by Crippen LogP contribution is -2.56. The molecule has 0 N–H and O–H groups in total. The SMILES string of the molecule is c1ccc(CN2CCN3C[C@H](COCCCN4CCCCC4)CC[C@@H]3C2)nc1. The van der Waals surface area contributed by atoms with Gasteiger partial charge < -0.3 is 9.64 Å². The molecular formula is C23H38N4O. The van der Waals surface area contributed by atoms with Crippen LogP contribution in [0, 0.1) is 5.92 Å². The zero-order chi connectivity index (χ0) is 19.0. The van der Waals surface area contributed by atoms with Crippen LogP contribution in [-0.2, 0) is 11.3 Å². The van der Waals surface area contributed by atoms with E-state index in [-0.39, 0.29) is 0 Å². The van der Waals surface area contributed by atoms with E-state index >= 15 is 0 Å². The monoisotopic (exact) mass is 386 g/mol. The second-order valence-electron chi connectivity index (χ2n) is 8.98. The zero-order valence-electron chi connectivity index (χ0n) is 17.5. The summed E-state index contributed by atoms with van der Waals surface area (Å²) >= 11 is 0. The number of aromatic nitrogens is 1. The van der Waals surface area contributed by atoms with Gasteiger partial charge in [0.1, 0.15) is 0 Å². The van der Waals surface area contributed by atoms with Gasteiger partial charge >= 0.3 is 0 Å². The minimum Gasteiger partial charge on any atom is -0.381 e. The normalized spacial score (nSPS) is 27.6. The number of ether oxygens (including phenoxy) is 1. The Morgan fingerprint density at radius 1 is 0.964 bits per heavy atom. The first-order valence-corrected chi connectivity index (χ1v) is 11.5. The molecule has 5 nitrogen and oxygen atoms in total. The molecular weight excluding hydrogens is 348 g/mol. The van der Waals surface area contributed by atoms with Gasteiger partial charge in [0.25, 0.3) is 0 Å². The molecule has 3 fully saturated rings. The van der Waals surface area contributed by atoms with Crippen molar-refractivity contribution in [2.45, 2.75) is 51.1 Å². The van der Waals surface area contributed by atoms with Crippen LogP contribution in [-0.4, -0.2) is 84.8 Å². The number of hydrogen-bond donors (Lipinski definition) is 0. The first kappa shape index (κ1) is 20.3. The Morgan fingerprint density at radius 3 is 2.75 bits per heavy atom. The lowest BCUT2D eigenvalue weighted by molar-refractivity contribution is -0.00341. The number of likely N-dealkylation sites (tertiary alicyclic amines) is 1. The van der Waals surface area contributed by atoms with E-state index in [2.05, 4.69) is 31.8 Å². The molecule has 3 aliphatic heterocycles. The van der Waals surface area contributed by atoms with E-state index in [0.29, 0.717) is 0 Å². The van der Waals surface area contributed by atoms with Gasteiger partial charge in [-0.1, -0.05) is 12.5 Å². The molecule has 0 aromatic carbocycles. The van der Waals surface area contributed by atoms with E-state index < -0.39 is 0 Å². The second-order valence-corrected chi connectivity index (χ2v) is 8.98. The van der Waals surface area contributed by atoms with E-state index in [0.717, 1.165) is 38.3 Å². The van der Waals surface area contributed by atoms with Crippen molar-refractivity contribution in [1.82, 2.24) is 19.7 Å². The van der Waals surface area contributed by atoms with Gasteiger partial charge in [0, 0.05) is 58.1 Å². The van der Waals surface area contributed by atoms with Gasteiger partial charge in [-0.05, 0) is 63.2 Å². The van der Waals surface area contributed by atoms with Gasteiger partial charge in [0.15, 0.2) is 0 Å². The molecule has 0 saturated carbocycles. The third kappa shape index (κ3) is 5.99. The summed E-state index contributed by atoms with van der Waals surface area (Å²) in [6, 6.07) is 6.97. The molecule has 0 unspecified atom stereocenters. The molecule has 0 aliphatic carbocycles. The lowest BCUT2D eigenvalue weighted by atomic mass is 9.91. The molecule has 0 radical (unpaired) electrons. The van der Waals surface area contributed by atoms with Crippen molar-refractivity contribution in [1.29, 1.82) is 0 Å². The highest BCUT2D eigenvalue weighted by atomic mass is 16.5. The Balaban J connectivity index is 1.10. The Hall–Kier alpha value is -1.01. The summed E-state index contributed by atoms with van der Waals surface area (Å²) in [4.78, 5) is 12.4. The van der Waals surface area contributed by atoms with Crippen LogP contribution in [0.15, 0.2) is 24.4 Å². The van der Waals surface area contributed by atoms with Crippen LogP contribution in [0.4, 0.5) is 0 Å². The predicted molar refractivity (Wildman–Crippen MR) is 113 cm³/mol. The molecule has 0 bridgehead atoms. The second kappa shape index (κ2) is 10.7. The van der Waals surface area contributed by atoms with Gasteiger partial charge in [-0.3, -0.25) is 14.8 Å². The highest BCUT2D eigenvalue weighted by molar-refractivity contribution is 5.04. The molecule has 2 atom stereocenters. The van der Waals surface area contributed by atoms with Crippen LogP contribution < -0.4 is 0 Å². The molecule has 0 amide bonds. The van der Waals surface area contributed by atoms with Crippen molar-refractivity contribution in [2.75, 3.05) is 59.0 Å². The fourth-order valence-corrected chi connectivity index (χ4v) is 5.15. The fourth-order valence-electron chi connectivity index (χ4n) is 5.15. The molecule has 4 rings (SSSR count). The zero-order valence-corrected chi connectivity index (χ0v) is 17.5. The molecule has 3 saturated heterocycles. The van der Waals surface area contributed by atoms with E-state index in [1.54, 1.807) is 0 Å². The van der Waals surface area contributed by atoms with Crippen molar-refractivity contribution in [3.8, 4) is 0 Å². The van der Waals surface area contributed by atoms with E-state index in [9.17, 15) is 0 Å². The van der Waals surface area contributed by atoms with Crippen LogP contribution in [0.1, 0.15) is 44.2 Å². The molecule has 28 heavy (non-hydrogen) atoms. The number of pyridine rings is 1. The maximum Gasteiger partial charge on any atom is 0.0543 e. The molecule has 156 valence electrons. The molecule has 5 heteroatoms. The number of nitrogens with zero attached hydrogens (tertiary/aromatic N) is 4. The fraction of sp³-hybridized carbons (Fsp3) is 0.783. The highest BCUT2D eigenvalue weighted by Gasteiger charge is 2.32. The van der Waals surface area contributed by atoms with Gasteiger partial charge in [0.05, 0.1) is 12.3 Å². The largest absolute Gasteiger partial charge is 0.381 e. The average Bonchev–Trinajstić information content (AvgIpc) is 2.75. The quantitative estimate of drug-likeness (QED) is 0.642. The number of fused-ring (bicyclic) bond motifs is 1. The Bertz CT molecular complexity index is 563. The van der Waals surface area contributed by atoms with Crippen LogP contribution in [0.2, 0.25) is 0 Å². The maximum atomic E-state index is 6.07. The van der Waals surface area contributed by atoms with Gasteiger partial charge in [-0.2, -0.15) is 0 Å². The minimum atomic E-state index is 0.729. The van der Waals surface area contributed by atoms with Crippen LogP contribution >= 0.6 is 0 Å². The van der Waals surface area contributed by atoms with Crippen molar-refractivity contribution in [2.24, 2.45) is 5.92 Å². The number of piperazine rings is 1. The molecule has 1 aromatic rings. The molecule has 4 heterocycles. The summed E-state index contributed by atoms with van der Waals surface area (Å²) in [5.74, 6) is 0.730. The van der Waals surface area contributed by atoms with Gasteiger partial charge in [0.2, 0.25) is 0 Å². The van der Waals surface area contributed by atoms with E-state index in [4.69, 9.17) is 4.74 Å². The van der Waals surface area contributed by atoms with Gasteiger partial charge in [-0.15, -0.1) is 0 Å². The Morgan fingerprint density at radius 2 is 1.89 bits per heavy atom. The topological polar surface area (TPSA) is 31.8 Å². The summed E-state index contributed by atoms with van der Waals surface area (Å²) in [7, 11) is 0. The summed E-state index contributed by atoms with van der Waals surface area (Å²) in [5, 5.41) is 0. The third-order valence-corrected chi connectivity index (χ3v) is 6.77. The first-order chi connectivity index (χ1) is 13.9. The van der Waals surface area contributed by atoms with Crippen LogP contribution in [0.3, 0.4) is 0 Å². The summed E-state index contributed by atoms with van der Waals surface area (Å²) in [5.41, 5.74) is 1.20. The summed E-state index contributed by atoms with van der Waals surface area (Å²) in [6.45, 7) is 11.5. The minimum absolute atomic E-state index is 0.729. The number of hydrogen-bond acceptors (Lipinski definition) is 5. The van der Waals surface area contributed by atoms with Crippen LogP contribution in [0.25, 0.3) is 0 Å². The van der Waals surface area contributed by atoms with Gasteiger partial charge in [-0.25, -0.2) is 0 Å². The lowest BCUT2D eigenvalue weighted by Gasteiger charge is -2.46. The number of rotatable bonds is 8. The number of piperidine rings is 2. The predicted octanol–water partition coefficient (Wildman–Crippen LogP) is 2.87. The van der Waals surface area contributed by atoms with E-state index in [1.165, 1.54) is 83.5 Å².